The quantitative estimate of drug-likeness (QED) is 0.372. The van der Waals surface area contributed by atoms with Crippen LogP contribution in [0.1, 0.15) is 5.56 Å². The lowest BCUT2D eigenvalue weighted by molar-refractivity contribution is 1.13. The molecule has 0 fully saturated rings. The Morgan fingerprint density at radius 3 is 1.83 bits per heavy atom. The molecule has 140 valence electrons. The van der Waals surface area contributed by atoms with Gasteiger partial charge >= 0.3 is 0 Å². The van der Waals surface area contributed by atoms with E-state index in [9.17, 15) is 0 Å². The maximum Gasteiger partial charge on any atom is 0.229 e. The van der Waals surface area contributed by atoms with Gasteiger partial charge in [0.2, 0.25) is 5.95 Å². The number of rotatable bonds is 4. The van der Waals surface area contributed by atoms with Gasteiger partial charge in [0.15, 0.2) is 0 Å². The van der Waals surface area contributed by atoms with Crippen LogP contribution < -0.4 is 10.6 Å². The lowest BCUT2D eigenvalue weighted by Crippen LogP contribution is -2.03. The molecule has 0 aliphatic heterocycles. The highest BCUT2D eigenvalue weighted by Crippen LogP contribution is 2.29. The van der Waals surface area contributed by atoms with Gasteiger partial charge in [-0.3, -0.25) is 0 Å². The lowest BCUT2D eigenvalue weighted by atomic mass is 10.1. The molecule has 0 atom stereocenters. The molecule has 1 aromatic heterocycles. The Labute approximate surface area is 169 Å². The topological polar surface area (TPSA) is 49.8 Å². The Hall–Kier alpha value is -3.92. The van der Waals surface area contributed by atoms with Crippen LogP contribution in [0.25, 0.3) is 21.5 Å². The molecule has 4 heteroatoms. The first-order chi connectivity index (χ1) is 14.3. The number of nitrogens with zero attached hydrogens (tertiary/aromatic N) is 2. The smallest absolute Gasteiger partial charge is 0.229 e. The van der Waals surface area contributed by atoms with Gasteiger partial charge in [0.1, 0.15) is 5.82 Å². The molecule has 0 saturated carbocycles. The average molecular weight is 376 g/mol. The van der Waals surface area contributed by atoms with Crippen LogP contribution in [0.4, 0.5) is 23.1 Å². The fraction of sp³-hybridized carbons (Fsp3) is 0.0400. The van der Waals surface area contributed by atoms with Crippen LogP contribution in [0.3, 0.4) is 0 Å². The summed E-state index contributed by atoms with van der Waals surface area (Å²) in [5, 5.41) is 11.5. The molecule has 0 amide bonds. The van der Waals surface area contributed by atoms with Crippen molar-refractivity contribution in [3.8, 4) is 0 Å². The van der Waals surface area contributed by atoms with E-state index in [0.717, 1.165) is 33.5 Å². The molecule has 0 saturated heterocycles. The van der Waals surface area contributed by atoms with Gasteiger partial charge in [0, 0.05) is 33.9 Å². The molecule has 0 radical (unpaired) electrons. The molecule has 0 spiro atoms. The van der Waals surface area contributed by atoms with E-state index in [1.165, 1.54) is 10.8 Å². The second kappa shape index (κ2) is 7.24. The zero-order valence-corrected chi connectivity index (χ0v) is 16.1. The van der Waals surface area contributed by atoms with Crippen molar-refractivity contribution in [1.29, 1.82) is 0 Å². The van der Waals surface area contributed by atoms with E-state index in [4.69, 9.17) is 4.98 Å². The summed E-state index contributed by atoms with van der Waals surface area (Å²) in [5.74, 6) is 1.36. The number of aryl methyl sites for hydroxylation is 1. The van der Waals surface area contributed by atoms with Crippen LogP contribution in [0.5, 0.6) is 0 Å². The zero-order valence-electron chi connectivity index (χ0n) is 16.1. The Morgan fingerprint density at radius 2 is 1.17 bits per heavy atom. The van der Waals surface area contributed by atoms with Gasteiger partial charge in [-0.15, -0.1) is 0 Å². The van der Waals surface area contributed by atoms with Gasteiger partial charge < -0.3 is 10.6 Å². The predicted octanol–water partition coefficient (Wildman–Crippen LogP) is 6.58. The third-order valence-corrected chi connectivity index (χ3v) is 5.05. The molecule has 29 heavy (non-hydrogen) atoms. The van der Waals surface area contributed by atoms with E-state index in [0.29, 0.717) is 5.95 Å². The number of hydrogen-bond acceptors (Lipinski definition) is 4. The Bertz CT molecular complexity index is 1320. The van der Waals surface area contributed by atoms with Crippen molar-refractivity contribution < 1.29 is 0 Å². The minimum atomic E-state index is 0.565. The molecule has 1 heterocycles. The van der Waals surface area contributed by atoms with Gasteiger partial charge in [-0.05, 0) is 29.8 Å². The van der Waals surface area contributed by atoms with E-state index in [2.05, 4.69) is 64.1 Å². The SMILES string of the molecule is Cc1cnc(Nc2cccc3ccccc23)nc1Nc1cccc2ccccc12. The van der Waals surface area contributed by atoms with Gasteiger partial charge in [-0.25, -0.2) is 4.98 Å². The Morgan fingerprint density at radius 1 is 0.621 bits per heavy atom. The van der Waals surface area contributed by atoms with Gasteiger partial charge in [0.05, 0.1) is 0 Å². The van der Waals surface area contributed by atoms with Gasteiger partial charge in [0.25, 0.3) is 0 Å². The Balaban J connectivity index is 1.50. The number of anilines is 4. The van der Waals surface area contributed by atoms with Crippen molar-refractivity contribution in [3.05, 3.63) is 96.7 Å². The first kappa shape index (κ1) is 17.2. The molecule has 4 aromatic carbocycles. The fourth-order valence-electron chi connectivity index (χ4n) is 3.55. The zero-order chi connectivity index (χ0) is 19.6. The van der Waals surface area contributed by atoms with Crippen molar-refractivity contribution in [2.24, 2.45) is 0 Å². The second-order valence-electron chi connectivity index (χ2n) is 7.03. The largest absolute Gasteiger partial charge is 0.339 e. The number of fused-ring (bicyclic) bond motifs is 2. The van der Waals surface area contributed by atoms with E-state index in [-0.39, 0.29) is 0 Å². The summed E-state index contributed by atoms with van der Waals surface area (Å²) in [4.78, 5) is 9.23. The summed E-state index contributed by atoms with van der Waals surface area (Å²) in [6, 6.07) is 29.0. The highest BCUT2D eigenvalue weighted by atomic mass is 15.1. The molecule has 0 bridgehead atoms. The first-order valence-corrected chi connectivity index (χ1v) is 9.61. The van der Waals surface area contributed by atoms with E-state index in [1.807, 2.05) is 49.5 Å². The molecule has 0 aliphatic rings. The molecular formula is C25H20N4. The van der Waals surface area contributed by atoms with Crippen LogP contribution in [-0.4, -0.2) is 9.97 Å². The highest BCUT2D eigenvalue weighted by Gasteiger charge is 2.08. The maximum absolute atomic E-state index is 4.74. The van der Waals surface area contributed by atoms with E-state index < -0.39 is 0 Å². The minimum Gasteiger partial charge on any atom is -0.339 e. The second-order valence-corrected chi connectivity index (χ2v) is 7.03. The van der Waals surface area contributed by atoms with E-state index >= 15 is 0 Å². The third-order valence-electron chi connectivity index (χ3n) is 5.05. The molecule has 0 aliphatic carbocycles. The molecule has 5 rings (SSSR count). The summed E-state index contributed by atoms with van der Waals surface area (Å²) >= 11 is 0. The average Bonchev–Trinajstić information content (AvgIpc) is 2.77. The van der Waals surface area contributed by atoms with Gasteiger partial charge in [-0.1, -0.05) is 72.8 Å². The molecule has 0 unspecified atom stereocenters. The normalized spacial score (nSPS) is 10.9. The molecule has 2 N–H and O–H groups in total. The monoisotopic (exact) mass is 376 g/mol. The van der Waals surface area contributed by atoms with Crippen LogP contribution in [-0.2, 0) is 0 Å². The van der Waals surface area contributed by atoms with Crippen LogP contribution in [0.2, 0.25) is 0 Å². The van der Waals surface area contributed by atoms with Crippen molar-refractivity contribution >= 4 is 44.7 Å². The number of hydrogen-bond donors (Lipinski definition) is 2. The standard InChI is InChI=1S/C25H20N4/c1-17-16-26-25(28-23-15-7-11-19-9-3-5-13-21(19)23)29-24(17)27-22-14-6-10-18-8-2-4-12-20(18)22/h2-16H,1H3,(H2,26,27,28,29). The minimum absolute atomic E-state index is 0.565. The summed E-state index contributed by atoms with van der Waals surface area (Å²) in [6.45, 7) is 2.01. The predicted molar refractivity (Wildman–Crippen MR) is 121 cm³/mol. The van der Waals surface area contributed by atoms with Crippen LogP contribution in [0, 0.1) is 6.92 Å². The third kappa shape index (κ3) is 3.36. The van der Waals surface area contributed by atoms with Gasteiger partial charge in [-0.2, -0.15) is 4.98 Å². The summed E-state index contributed by atoms with van der Waals surface area (Å²) in [7, 11) is 0. The van der Waals surface area contributed by atoms with Crippen molar-refractivity contribution in [2.45, 2.75) is 6.92 Å². The van der Waals surface area contributed by atoms with Crippen molar-refractivity contribution in [3.63, 3.8) is 0 Å². The molecule has 4 nitrogen and oxygen atoms in total. The van der Waals surface area contributed by atoms with Crippen molar-refractivity contribution in [2.75, 3.05) is 10.6 Å². The maximum atomic E-state index is 4.74. The number of nitrogens with one attached hydrogen (secondary N) is 2. The summed E-state index contributed by atoms with van der Waals surface area (Å²) < 4.78 is 0. The van der Waals surface area contributed by atoms with E-state index in [1.54, 1.807) is 0 Å². The van der Waals surface area contributed by atoms with Crippen LogP contribution >= 0.6 is 0 Å². The first-order valence-electron chi connectivity index (χ1n) is 9.61. The highest BCUT2D eigenvalue weighted by molar-refractivity contribution is 5.96. The summed E-state index contributed by atoms with van der Waals surface area (Å²) in [5.41, 5.74) is 3.01. The number of aromatic nitrogens is 2. The fourth-order valence-corrected chi connectivity index (χ4v) is 3.55. The Kier molecular flexibility index (Phi) is 4.30. The van der Waals surface area contributed by atoms with Crippen molar-refractivity contribution in [1.82, 2.24) is 9.97 Å². The number of benzene rings is 4. The summed E-state index contributed by atoms with van der Waals surface area (Å²) in [6.07, 6.45) is 1.84. The van der Waals surface area contributed by atoms with Crippen LogP contribution in [0.15, 0.2) is 91.1 Å². The lowest BCUT2D eigenvalue weighted by Gasteiger charge is -2.13. The molecule has 5 aromatic rings. The molecular weight excluding hydrogens is 356 g/mol.